The Balaban J connectivity index is 2.86. The number of methoxy groups -OCH3 is 1. The quantitative estimate of drug-likeness (QED) is 0.791. The largest absolute Gasteiger partial charge is 0.468 e. The first-order valence-electron chi connectivity index (χ1n) is 5.17. The Morgan fingerprint density at radius 1 is 1.53 bits per heavy atom. The Labute approximate surface area is 108 Å². The van der Waals surface area contributed by atoms with Crippen molar-refractivity contribution in [3.8, 4) is 0 Å². The fraction of sp³-hybridized carbons (Fsp3) is 0.455. The van der Waals surface area contributed by atoms with Crippen LogP contribution in [0, 0.1) is 0 Å². The smallest absolute Gasteiger partial charge is 0.325 e. The van der Waals surface area contributed by atoms with E-state index in [1.807, 2.05) is 6.92 Å². The molecule has 17 heavy (non-hydrogen) atoms. The first kappa shape index (κ1) is 13.8. The first-order chi connectivity index (χ1) is 7.99. The molecule has 0 atom stereocenters. The number of rotatable bonds is 4. The Morgan fingerprint density at radius 2 is 2.18 bits per heavy atom. The van der Waals surface area contributed by atoms with Gasteiger partial charge in [-0.3, -0.25) is 9.59 Å². The van der Waals surface area contributed by atoms with Crippen LogP contribution in [0.25, 0.3) is 0 Å². The van der Waals surface area contributed by atoms with Crippen LogP contribution in [0.2, 0.25) is 0 Å². The Kier molecular flexibility index (Phi) is 4.74. The van der Waals surface area contributed by atoms with Crippen LogP contribution in [-0.2, 0) is 16.6 Å². The number of halogens is 1. The lowest BCUT2D eigenvalue weighted by molar-refractivity contribution is -0.141. The van der Waals surface area contributed by atoms with E-state index in [4.69, 9.17) is 0 Å². The number of hydrogen-bond acceptors (Lipinski definition) is 3. The van der Waals surface area contributed by atoms with Crippen molar-refractivity contribution in [3.63, 3.8) is 0 Å². The van der Waals surface area contributed by atoms with Gasteiger partial charge in [-0.15, -0.1) is 0 Å². The number of hydrogen-bond donors (Lipinski definition) is 0. The summed E-state index contributed by atoms with van der Waals surface area (Å²) in [6, 6.07) is 1.72. The summed E-state index contributed by atoms with van der Waals surface area (Å²) in [6.45, 7) is 2.24. The number of carbonyl (C=O) groups excluding carboxylic acids is 2. The molecule has 0 unspecified atom stereocenters. The van der Waals surface area contributed by atoms with E-state index in [0.717, 1.165) is 4.47 Å². The van der Waals surface area contributed by atoms with Crippen LogP contribution >= 0.6 is 15.9 Å². The molecule has 0 saturated heterocycles. The third-order valence-electron chi connectivity index (χ3n) is 2.41. The number of esters is 1. The number of aryl methyl sites for hydroxylation is 1. The average Bonchev–Trinajstić information content (AvgIpc) is 2.64. The lowest BCUT2D eigenvalue weighted by Gasteiger charge is -2.19. The SMILES string of the molecule is CCN(CC(=O)OC)C(=O)c1cc(Br)cn1C. The molecule has 0 radical (unpaired) electrons. The van der Waals surface area contributed by atoms with Gasteiger partial charge < -0.3 is 14.2 Å². The van der Waals surface area contributed by atoms with Crippen molar-refractivity contribution in [2.45, 2.75) is 6.92 Å². The van der Waals surface area contributed by atoms with Crippen LogP contribution in [-0.4, -0.2) is 41.5 Å². The summed E-state index contributed by atoms with van der Waals surface area (Å²) in [6.07, 6.45) is 1.79. The number of amides is 1. The van der Waals surface area contributed by atoms with Crippen LogP contribution in [0.5, 0.6) is 0 Å². The van der Waals surface area contributed by atoms with Crippen molar-refractivity contribution in [2.24, 2.45) is 7.05 Å². The zero-order valence-corrected chi connectivity index (χ0v) is 11.7. The molecule has 1 amide bonds. The molecule has 5 nitrogen and oxygen atoms in total. The van der Waals surface area contributed by atoms with Gasteiger partial charge in [0.15, 0.2) is 0 Å². The third-order valence-corrected chi connectivity index (χ3v) is 2.84. The molecule has 1 heterocycles. The van der Waals surface area contributed by atoms with E-state index in [1.165, 1.54) is 12.0 Å². The highest BCUT2D eigenvalue weighted by molar-refractivity contribution is 9.10. The zero-order chi connectivity index (χ0) is 13.0. The molecule has 0 aliphatic heterocycles. The predicted octanol–water partition coefficient (Wildman–Crippen LogP) is 1.42. The summed E-state index contributed by atoms with van der Waals surface area (Å²) in [5.74, 6) is -0.612. The van der Waals surface area contributed by atoms with Gasteiger partial charge in [0.05, 0.1) is 7.11 Å². The van der Waals surface area contributed by atoms with E-state index in [-0.39, 0.29) is 12.5 Å². The van der Waals surface area contributed by atoms with E-state index < -0.39 is 5.97 Å². The second kappa shape index (κ2) is 5.86. The number of aromatic nitrogens is 1. The van der Waals surface area contributed by atoms with Gasteiger partial charge in [-0.1, -0.05) is 0 Å². The molecule has 0 aliphatic carbocycles. The van der Waals surface area contributed by atoms with E-state index in [9.17, 15) is 9.59 Å². The van der Waals surface area contributed by atoms with Crippen LogP contribution < -0.4 is 0 Å². The standard InChI is InChI=1S/C11H15BrN2O3/c1-4-14(7-10(15)17-3)11(16)9-5-8(12)6-13(9)2/h5-6H,4,7H2,1-3H3. The molecule has 0 aliphatic rings. The first-order valence-corrected chi connectivity index (χ1v) is 5.96. The van der Waals surface area contributed by atoms with E-state index in [0.29, 0.717) is 12.2 Å². The minimum atomic E-state index is -0.423. The molecule has 0 aromatic carbocycles. The van der Waals surface area contributed by atoms with Gasteiger partial charge in [0.25, 0.3) is 5.91 Å². The number of carbonyl (C=O) groups is 2. The second-order valence-electron chi connectivity index (χ2n) is 3.55. The maximum absolute atomic E-state index is 12.1. The number of nitrogens with zero attached hydrogens (tertiary/aromatic N) is 2. The Bertz CT molecular complexity index is 428. The number of likely N-dealkylation sites (N-methyl/N-ethyl adjacent to an activating group) is 1. The van der Waals surface area contributed by atoms with Gasteiger partial charge in [-0.05, 0) is 28.9 Å². The molecule has 1 aromatic rings. The van der Waals surface area contributed by atoms with Crippen molar-refractivity contribution < 1.29 is 14.3 Å². The highest BCUT2D eigenvalue weighted by Crippen LogP contribution is 2.15. The maximum Gasteiger partial charge on any atom is 0.325 e. The van der Waals surface area contributed by atoms with Crippen molar-refractivity contribution in [3.05, 3.63) is 22.4 Å². The van der Waals surface area contributed by atoms with E-state index in [2.05, 4.69) is 20.7 Å². The molecule has 0 spiro atoms. The minimum Gasteiger partial charge on any atom is -0.468 e. The molecule has 0 fully saturated rings. The summed E-state index contributed by atoms with van der Waals surface area (Å²) in [4.78, 5) is 24.8. The van der Waals surface area contributed by atoms with Crippen LogP contribution in [0.4, 0.5) is 0 Å². The van der Waals surface area contributed by atoms with Crippen molar-refractivity contribution in [1.29, 1.82) is 0 Å². The molecule has 0 N–H and O–H groups in total. The summed E-state index contributed by atoms with van der Waals surface area (Å²) in [7, 11) is 3.09. The van der Waals surface area contributed by atoms with Gasteiger partial charge in [-0.25, -0.2) is 0 Å². The summed E-state index contributed by atoms with van der Waals surface area (Å²) in [5, 5.41) is 0. The highest BCUT2D eigenvalue weighted by Gasteiger charge is 2.20. The van der Waals surface area contributed by atoms with Crippen LogP contribution in [0.15, 0.2) is 16.7 Å². The fourth-order valence-electron chi connectivity index (χ4n) is 1.45. The van der Waals surface area contributed by atoms with Gasteiger partial charge in [-0.2, -0.15) is 0 Å². The zero-order valence-electron chi connectivity index (χ0n) is 10.1. The molecule has 0 bridgehead atoms. The minimum absolute atomic E-state index is 0.0331. The van der Waals surface area contributed by atoms with Crippen molar-refractivity contribution in [2.75, 3.05) is 20.2 Å². The van der Waals surface area contributed by atoms with Crippen LogP contribution in [0.3, 0.4) is 0 Å². The van der Waals surface area contributed by atoms with Gasteiger partial charge >= 0.3 is 5.97 Å². The molecule has 0 saturated carbocycles. The topological polar surface area (TPSA) is 51.5 Å². The number of ether oxygens (including phenoxy) is 1. The normalized spacial score (nSPS) is 10.1. The van der Waals surface area contributed by atoms with Gasteiger partial charge in [0.1, 0.15) is 12.2 Å². The monoisotopic (exact) mass is 302 g/mol. The van der Waals surface area contributed by atoms with E-state index in [1.54, 1.807) is 23.9 Å². The maximum atomic E-state index is 12.1. The summed E-state index contributed by atoms with van der Waals surface area (Å²) in [5.41, 5.74) is 0.530. The second-order valence-corrected chi connectivity index (χ2v) is 4.47. The average molecular weight is 303 g/mol. The Hall–Kier alpha value is -1.30. The summed E-state index contributed by atoms with van der Waals surface area (Å²) >= 11 is 3.30. The lowest BCUT2D eigenvalue weighted by atomic mass is 10.3. The molecular weight excluding hydrogens is 288 g/mol. The van der Waals surface area contributed by atoms with Crippen LogP contribution in [0.1, 0.15) is 17.4 Å². The molecule has 94 valence electrons. The van der Waals surface area contributed by atoms with Gasteiger partial charge in [0, 0.05) is 24.3 Å². The van der Waals surface area contributed by atoms with Gasteiger partial charge in [0.2, 0.25) is 0 Å². The third kappa shape index (κ3) is 3.33. The predicted molar refractivity (Wildman–Crippen MR) is 66.7 cm³/mol. The lowest BCUT2D eigenvalue weighted by Crippen LogP contribution is -2.36. The molecule has 1 rings (SSSR count). The Morgan fingerprint density at radius 3 is 2.59 bits per heavy atom. The molecule has 1 aromatic heterocycles. The molecular formula is C11H15BrN2O3. The van der Waals surface area contributed by atoms with Crippen molar-refractivity contribution in [1.82, 2.24) is 9.47 Å². The molecule has 6 heteroatoms. The van der Waals surface area contributed by atoms with Crippen molar-refractivity contribution >= 4 is 27.8 Å². The fourth-order valence-corrected chi connectivity index (χ4v) is 1.97. The highest BCUT2D eigenvalue weighted by atomic mass is 79.9. The van der Waals surface area contributed by atoms with E-state index >= 15 is 0 Å². The summed E-state index contributed by atoms with van der Waals surface area (Å²) < 4.78 is 7.10.